The van der Waals surface area contributed by atoms with Crippen LogP contribution in [0.2, 0.25) is 0 Å². The molecule has 344 valence electrons. The van der Waals surface area contributed by atoms with Crippen molar-refractivity contribution in [1.29, 1.82) is 0 Å². The second-order valence-corrected chi connectivity index (χ2v) is 17.3. The molecule has 0 aromatic heterocycles. The van der Waals surface area contributed by atoms with Crippen LogP contribution in [0.1, 0.15) is 213 Å². The van der Waals surface area contributed by atoms with Crippen LogP contribution >= 0.6 is 7.82 Å². The number of carbonyl (C=O) groups excluding carboxylic acids is 2. The van der Waals surface area contributed by atoms with Crippen LogP contribution in [0.3, 0.4) is 0 Å². The van der Waals surface area contributed by atoms with Crippen LogP contribution in [0.15, 0.2) is 36.5 Å². The highest BCUT2D eigenvalue weighted by molar-refractivity contribution is 7.47. The average Bonchev–Trinajstić information content (AvgIpc) is 3.21. The minimum atomic E-state index is -4.72. The molecule has 0 aliphatic heterocycles. The van der Waals surface area contributed by atoms with E-state index >= 15 is 0 Å². The molecule has 0 spiro atoms. The summed E-state index contributed by atoms with van der Waals surface area (Å²) in [5.74, 6) is -2.39. The van der Waals surface area contributed by atoms with E-state index < -0.39 is 51.1 Å². The molecule has 0 saturated heterocycles. The van der Waals surface area contributed by atoms with Gasteiger partial charge in [-0.2, -0.15) is 0 Å². The Morgan fingerprint density at radius 2 is 0.949 bits per heavy atom. The van der Waals surface area contributed by atoms with Gasteiger partial charge in [-0.3, -0.25) is 23.4 Å². The van der Waals surface area contributed by atoms with Crippen molar-refractivity contribution in [2.45, 2.75) is 225 Å². The molecule has 0 rings (SSSR count). The Morgan fingerprint density at radius 1 is 0.542 bits per heavy atom. The third-order valence-corrected chi connectivity index (χ3v) is 11.1. The Morgan fingerprint density at radius 3 is 1.42 bits per heavy atom. The lowest BCUT2D eigenvalue weighted by Gasteiger charge is -2.20. The van der Waals surface area contributed by atoms with Gasteiger partial charge < -0.3 is 25.2 Å². The Kier molecular flexibility index (Phi) is 40.7. The third-order valence-electron chi connectivity index (χ3n) is 10.2. The lowest BCUT2D eigenvalue weighted by molar-refractivity contribution is -0.161. The molecule has 0 bridgehead atoms. The van der Waals surface area contributed by atoms with Crippen molar-refractivity contribution in [3.05, 3.63) is 36.5 Å². The fraction of sp³-hybridized carbons (Fsp3) is 0.809. The van der Waals surface area contributed by atoms with E-state index in [9.17, 15) is 23.8 Å². The number of esters is 2. The highest BCUT2D eigenvalue weighted by Crippen LogP contribution is 2.43. The van der Waals surface area contributed by atoms with Crippen LogP contribution in [0.25, 0.3) is 0 Å². The molecule has 0 aromatic rings. The number of hydrogen-bond acceptors (Lipinski definition) is 9. The van der Waals surface area contributed by atoms with Crippen LogP contribution < -0.4 is 5.73 Å². The number of allylic oxidation sites excluding steroid dienone is 6. The predicted octanol–water partition coefficient (Wildman–Crippen LogP) is 12.8. The van der Waals surface area contributed by atoms with Gasteiger partial charge in [-0.1, -0.05) is 192 Å². The number of phosphoric ester groups is 1. The monoisotopic (exact) mass is 856 g/mol. The SMILES string of the molecule is CC/C=C/C/C=C/C/C=C/CCCCCCCC(=O)O[C@@H](COC(=O)CCCCCCCCCCCCCCCCCCCCCC)COP(=O)(O)OC[C@@H](N)C(=O)O. The molecule has 0 radical (unpaired) electrons. The van der Waals surface area contributed by atoms with Crippen molar-refractivity contribution in [2.24, 2.45) is 5.73 Å². The average molecular weight is 856 g/mol. The first kappa shape index (κ1) is 56.7. The quantitative estimate of drug-likeness (QED) is 0.0230. The first-order chi connectivity index (χ1) is 28.6. The van der Waals surface area contributed by atoms with E-state index in [1.807, 2.05) is 0 Å². The molecule has 0 fully saturated rings. The van der Waals surface area contributed by atoms with Crippen LogP contribution in [0.5, 0.6) is 0 Å². The molecule has 4 N–H and O–H groups in total. The van der Waals surface area contributed by atoms with Crippen LogP contribution in [-0.4, -0.2) is 59.9 Å². The van der Waals surface area contributed by atoms with Gasteiger partial charge in [0.1, 0.15) is 12.6 Å². The van der Waals surface area contributed by atoms with E-state index in [2.05, 4.69) is 54.8 Å². The Bertz CT molecular complexity index is 1140. The maximum atomic E-state index is 12.6. The van der Waals surface area contributed by atoms with Gasteiger partial charge in [-0.25, -0.2) is 4.57 Å². The maximum absolute atomic E-state index is 12.6. The zero-order chi connectivity index (χ0) is 43.5. The number of rotatable bonds is 44. The lowest BCUT2D eigenvalue weighted by atomic mass is 10.0. The van der Waals surface area contributed by atoms with E-state index in [1.165, 1.54) is 103 Å². The molecule has 0 aromatic carbocycles. The maximum Gasteiger partial charge on any atom is 0.472 e. The second kappa shape index (κ2) is 42.4. The van der Waals surface area contributed by atoms with Gasteiger partial charge >= 0.3 is 25.7 Å². The minimum Gasteiger partial charge on any atom is -0.480 e. The van der Waals surface area contributed by atoms with E-state index in [1.54, 1.807) is 0 Å². The number of aliphatic carboxylic acids is 1. The molecule has 0 aliphatic rings. The van der Waals surface area contributed by atoms with Crippen molar-refractivity contribution in [3.63, 3.8) is 0 Å². The molecule has 59 heavy (non-hydrogen) atoms. The standard InChI is InChI=1S/C47H86NO10P/c1-3-5-7-9-11-13-15-17-19-20-21-22-23-25-26-28-30-32-34-36-38-45(49)55-40-43(41-56-59(53,54)57-42-44(48)47(51)52)58-46(50)39-37-35-33-31-29-27-24-18-16-14-12-10-8-6-4-2/h6,8,12,14,18,24,43-44H,3-5,7,9-11,13,15-17,19-23,25-42,48H2,1-2H3,(H,51,52)(H,53,54)/b8-6+,14-12+,24-18+/t43-,44+/m0/s1. The number of hydrogen-bond donors (Lipinski definition) is 3. The minimum absolute atomic E-state index is 0.143. The molecular formula is C47H86NO10P. The van der Waals surface area contributed by atoms with Crippen molar-refractivity contribution in [3.8, 4) is 0 Å². The summed E-state index contributed by atoms with van der Waals surface area (Å²) in [6.07, 6.45) is 46.4. The Labute approximate surface area is 359 Å². The van der Waals surface area contributed by atoms with E-state index in [-0.39, 0.29) is 19.4 Å². The smallest absolute Gasteiger partial charge is 0.472 e. The van der Waals surface area contributed by atoms with E-state index in [0.717, 1.165) is 70.6 Å². The topological polar surface area (TPSA) is 172 Å². The summed E-state index contributed by atoms with van der Waals surface area (Å²) < 4.78 is 32.7. The lowest BCUT2D eigenvalue weighted by Crippen LogP contribution is -2.34. The number of carboxylic acids is 1. The molecule has 0 aliphatic carbocycles. The third kappa shape index (κ3) is 42.2. The molecule has 0 amide bonds. The predicted molar refractivity (Wildman–Crippen MR) is 240 cm³/mol. The number of phosphoric acid groups is 1. The molecule has 1 unspecified atom stereocenters. The number of carbonyl (C=O) groups is 3. The van der Waals surface area contributed by atoms with Gasteiger partial charge in [0.05, 0.1) is 13.2 Å². The van der Waals surface area contributed by atoms with Crippen molar-refractivity contribution in [1.82, 2.24) is 0 Å². The number of unbranched alkanes of at least 4 members (excludes halogenated alkanes) is 24. The Balaban J connectivity index is 4.27. The second-order valence-electron chi connectivity index (χ2n) is 15.9. The molecule has 0 heterocycles. The number of carboxylic acid groups (broad SMARTS) is 1. The highest BCUT2D eigenvalue weighted by atomic mass is 31.2. The van der Waals surface area contributed by atoms with Crippen LogP contribution in [0.4, 0.5) is 0 Å². The Hall–Kier alpha value is -2.30. The zero-order valence-corrected chi connectivity index (χ0v) is 38.2. The van der Waals surface area contributed by atoms with E-state index in [4.69, 9.17) is 24.8 Å². The summed E-state index contributed by atoms with van der Waals surface area (Å²) >= 11 is 0. The summed E-state index contributed by atoms with van der Waals surface area (Å²) in [5.41, 5.74) is 5.34. The molecule has 11 nitrogen and oxygen atoms in total. The fourth-order valence-electron chi connectivity index (χ4n) is 6.49. The van der Waals surface area contributed by atoms with Gasteiger partial charge in [-0.15, -0.1) is 0 Å². The van der Waals surface area contributed by atoms with Gasteiger partial charge in [0.2, 0.25) is 0 Å². The zero-order valence-electron chi connectivity index (χ0n) is 37.3. The van der Waals surface area contributed by atoms with Crippen molar-refractivity contribution >= 4 is 25.7 Å². The van der Waals surface area contributed by atoms with E-state index in [0.29, 0.717) is 12.8 Å². The summed E-state index contributed by atoms with van der Waals surface area (Å²) in [4.78, 5) is 46.0. The van der Waals surface area contributed by atoms with Gasteiger partial charge in [0.15, 0.2) is 6.10 Å². The first-order valence-corrected chi connectivity index (χ1v) is 25.0. The van der Waals surface area contributed by atoms with Crippen LogP contribution in [-0.2, 0) is 37.5 Å². The van der Waals surface area contributed by atoms with Gasteiger partial charge in [0.25, 0.3) is 0 Å². The van der Waals surface area contributed by atoms with Gasteiger partial charge in [-0.05, 0) is 44.9 Å². The largest absolute Gasteiger partial charge is 0.480 e. The fourth-order valence-corrected chi connectivity index (χ4v) is 7.27. The normalized spacial score (nSPS) is 14.0. The van der Waals surface area contributed by atoms with Crippen molar-refractivity contribution in [2.75, 3.05) is 19.8 Å². The number of nitrogens with two attached hydrogens (primary N) is 1. The van der Waals surface area contributed by atoms with Crippen molar-refractivity contribution < 1.29 is 47.5 Å². The molecule has 12 heteroatoms. The van der Waals surface area contributed by atoms with Gasteiger partial charge in [0, 0.05) is 12.8 Å². The summed E-state index contributed by atoms with van der Waals surface area (Å²) in [7, 11) is -4.72. The summed E-state index contributed by atoms with van der Waals surface area (Å²) in [6.45, 7) is 2.70. The molecular weight excluding hydrogens is 769 g/mol. The molecule has 3 atom stereocenters. The highest BCUT2D eigenvalue weighted by Gasteiger charge is 2.28. The van der Waals surface area contributed by atoms with Crippen LogP contribution in [0, 0.1) is 0 Å². The molecule has 0 saturated carbocycles. The summed E-state index contributed by atoms with van der Waals surface area (Å²) in [6, 6.07) is -1.52. The first-order valence-electron chi connectivity index (χ1n) is 23.5. The number of ether oxygens (including phenoxy) is 2. The summed E-state index contributed by atoms with van der Waals surface area (Å²) in [5, 5.41) is 8.90.